The number of aliphatic hydroxyl groups is 1. The summed E-state index contributed by atoms with van der Waals surface area (Å²) in [6, 6.07) is 9.97. The fourth-order valence-corrected chi connectivity index (χ4v) is 4.49. The standard InChI is InChI=1S/C25H26N2O6/c1-15-3-5-18-17(13-15)14-20(33-18)23(28)21-22(19-6-4-16(2)32-19)27(25(30)24(21)29)8-7-26-9-11-31-12-10-26/h3-6,13-14,22,29H,7-12H2,1-2H3. The largest absolute Gasteiger partial charge is 0.503 e. The Hall–Kier alpha value is -3.36. The lowest BCUT2D eigenvalue weighted by atomic mass is 9.99. The Balaban J connectivity index is 1.49. The first kappa shape index (κ1) is 21.5. The van der Waals surface area contributed by atoms with E-state index < -0.39 is 23.5 Å². The maximum atomic E-state index is 13.5. The minimum Gasteiger partial charge on any atom is -0.503 e. The number of carbonyl (C=O) groups excluding carboxylic acids is 2. The SMILES string of the molecule is Cc1ccc2oc(C(=O)C3=C(O)C(=O)N(CCN4CCOCC4)C3c3ccc(C)o3)cc2c1. The number of fused-ring (bicyclic) bond motifs is 1. The van der Waals surface area contributed by atoms with Gasteiger partial charge in [-0.3, -0.25) is 14.5 Å². The minimum atomic E-state index is -0.824. The molecule has 2 aliphatic heterocycles. The third kappa shape index (κ3) is 3.96. The van der Waals surface area contributed by atoms with Gasteiger partial charge in [0.25, 0.3) is 5.91 Å². The summed E-state index contributed by atoms with van der Waals surface area (Å²) >= 11 is 0. The summed E-state index contributed by atoms with van der Waals surface area (Å²) in [4.78, 5) is 30.3. The van der Waals surface area contributed by atoms with E-state index in [1.807, 2.05) is 19.1 Å². The summed E-state index contributed by atoms with van der Waals surface area (Å²) < 4.78 is 17.0. The van der Waals surface area contributed by atoms with Crippen molar-refractivity contribution in [2.24, 2.45) is 0 Å². The number of aryl methyl sites for hydroxylation is 2. The number of morpholine rings is 1. The van der Waals surface area contributed by atoms with E-state index >= 15 is 0 Å². The van der Waals surface area contributed by atoms with Gasteiger partial charge < -0.3 is 23.6 Å². The molecule has 1 fully saturated rings. The van der Waals surface area contributed by atoms with Crippen LogP contribution in [0, 0.1) is 13.8 Å². The number of amides is 1. The quantitative estimate of drug-likeness (QED) is 0.574. The molecular formula is C25H26N2O6. The zero-order chi connectivity index (χ0) is 23.1. The van der Waals surface area contributed by atoms with Gasteiger partial charge in [-0.1, -0.05) is 11.6 Å². The van der Waals surface area contributed by atoms with Crippen LogP contribution in [0.4, 0.5) is 0 Å². The fourth-order valence-electron chi connectivity index (χ4n) is 4.49. The fraction of sp³-hybridized carbons (Fsp3) is 0.360. The molecule has 4 heterocycles. The normalized spacial score (nSPS) is 19.8. The second-order valence-corrected chi connectivity index (χ2v) is 8.55. The number of ketones is 1. The first-order chi connectivity index (χ1) is 15.9. The number of aliphatic hydroxyl groups excluding tert-OH is 1. The van der Waals surface area contributed by atoms with Crippen molar-refractivity contribution in [1.82, 2.24) is 9.80 Å². The molecule has 1 atom stereocenters. The Labute approximate surface area is 191 Å². The van der Waals surface area contributed by atoms with Crippen LogP contribution >= 0.6 is 0 Å². The molecule has 1 saturated heterocycles. The van der Waals surface area contributed by atoms with Gasteiger partial charge in [-0.15, -0.1) is 0 Å². The summed E-state index contributed by atoms with van der Waals surface area (Å²) in [5.74, 6) is -0.503. The van der Waals surface area contributed by atoms with Gasteiger partial charge >= 0.3 is 0 Å². The van der Waals surface area contributed by atoms with Crippen molar-refractivity contribution >= 4 is 22.7 Å². The van der Waals surface area contributed by atoms with E-state index in [1.165, 1.54) is 4.90 Å². The van der Waals surface area contributed by atoms with Crippen molar-refractivity contribution < 1.29 is 28.3 Å². The van der Waals surface area contributed by atoms with Crippen molar-refractivity contribution in [1.29, 1.82) is 0 Å². The van der Waals surface area contributed by atoms with Crippen LogP contribution in [-0.4, -0.2) is 66.0 Å². The zero-order valence-corrected chi connectivity index (χ0v) is 18.7. The molecule has 8 heteroatoms. The first-order valence-electron chi connectivity index (χ1n) is 11.1. The van der Waals surface area contributed by atoms with Gasteiger partial charge in [0.15, 0.2) is 11.5 Å². The average Bonchev–Trinajstić information content (AvgIpc) is 3.49. The smallest absolute Gasteiger partial charge is 0.290 e. The molecule has 33 heavy (non-hydrogen) atoms. The van der Waals surface area contributed by atoms with Crippen LogP contribution in [0.2, 0.25) is 0 Å². The molecule has 172 valence electrons. The molecule has 0 saturated carbocycles. The van der Waals surface area contributed by atoms with E-state index in [2.05, 4.69) is 4.90 Å². The van der Waals surface area contributed by atoms with Crippen molar-refractivity contribution in [2.45, 2.75) is 19.9 Å². The number of furan rings is 2. The summed E-state index contributed by atoms with van der Waals surface area (Å²) in [6.45, 7) is 7.53. The Morgan fingerprint density at radius 1 is 1.06 bits per heavy atom. The van der Waals surface area contributed by atoms with Gasteiger partial charge in [0.1, 0.15) is 23.1 Å². The van der Waals surface area contributed by atoms with Crippen LogP contribution in [0.1, 0.15) is 33.7 Å². The molecule has 0 spiro atoms. The van der Waals surface area contributed by atoms with Crippen LogP contribution in [-0.2, 0) is 9.53 Å². The van der Waals surface area contributed by atoms with Crippen LogP contribution < -0.4 is 0 Å². The topological polar surface area (TPSA) is 96.4 Å². The number of carbonyl (C=O) groups is 2. The summed E-state index contributed by atoms with van der Waals surface area (Å²) in [6.07, 6.45) is 0. The molecule has 1 N–H and O–H groups in total. The van der Waals surface area contributed by atoms with Gasteiger partial charge in [-0.05, 0) is 44.2 Å². The predicted molar refractivity (Wildman–Crippen MR) is 120 cm³/mol. The Bertz CT molecular complexity index is 1250. The van der Waals surface area contributed by atoms with Gasteiger partial charge in [-0.25, -0.2) is 0 Å². The van der Waals surface area contributed by atoms with Crippen molar-refractivity contribution in [3.63, 3.8) is 0 Å². The molecular weight excluding hydrogens is 424 g/mol. The molecule has 1 amide bonds. The maximum absolute atomic E-state index is 13.5. The number of rotatable bonds is 6. The highest BCUT2D eigenvalue weighted by atomic mass is 16.5. The predicted octanol–water partition coefficient (Wildman–Crippen LogP) is 3.55. The van der Waals surface area contributed by atoms with Gasteiger partial charge in [0.05, 0.1) is 18.8 Å². The number of hydrogen-bond acceptors (Lipinski definition) is 7. The lowest BCUT2D eigenvalue weighted by molar-refractivity contribution is -0.130. The third-order valence-corrected chi connectivity index (χ3v) is 6.24. The van der Waals surface area contributed by atoms with Crippen molar-refractivity contribution in [3.05, 3.63) is 70.6 Å². The number of ether oxygens (including phenoxy) is 1. The van der Waals surface area contributed by atoms with Crippen LogP contribution in [0.25, 0.3) is 11.0 Å². The zero-order valence-electron chi connectivity index (χ0n) is 18.7. The Morgan fingerprint density at radius 2 is 1.85 bits per heavy atom. The first-order valence-corrected chi connectivity index (χ1v) is 11.1. The lowest BCUT2D eigenvalue weighted by Gasteiger charge is -2.30. The number of benzene rings is 1. The molecule has 0 radical (unpaired) electrons. The number of Topliss-reactive ketones (excluding diaryl/α,β-unsaturated/α-hetero) is 1. The molecule has 2 aromatic heterocycles. The third-order valence-electron chi connectivity index (χ3n) is 6.24. The van der Waals surface area contributed by atoms with Crippen molar-refractivity contribution in [3.8, 4) is 0 Å². The van der Waals surface area contributed by atoms with E-state index in [9.17, 15) is 14.7 Å². The molecule has 2 aliphatic rings. The van der Waals surface area contributed by atoms with Gasteiger partial charge in [0, 0.05) is 31.6 Å². The molecule has 5 rings (SSSR count). The van der Waals surface area contributed by atoms with Gasteiger partial charge in [-0.2, -0.15) is 0 Å². The van der Waals surface area contributed by atoms with E-state index in [4.69, 9.17) is 13.6 Å². The molecule has 0 bridgehead atoms. The average molecular weight is 450 g/mol. The monoisotopic (exact) mass is 450 g/mol. The Morgan fingerprint density at radius 3 is 2.58 bits per heavy atom. The lowest BCUT2D eigenvalue weighted by Crippen LogP contribution is -2.43. The maximum Gasteiger partial charge on any atom is 0.290 e. The summed E-state index contributed by atoms with van der Waals surface area (Å²) in [5.41, 5.74) is 1.59. The van der Waals surface area contributed by atoms with Crippen LogP contribution in [0.15, 0.2) is 56.6 Å². The van der Waals surface area contributed by atoms with E-state index in [0.717, 1.165) is 24.0 Å². The summed E-state index contributed by atoms with van der Waals surface area (Å²) in [5, 5.41) is 11.6. The summed E-state index contributed by atoms with van der Waals surface area (Å²) in [7, 11) is 0. The molecule has 1 unspecified atom stereocenters. The van der Waals surface area contributed by atoms with Gasteiger partial charge in [0.2, 0.25) is 5.78 Å². The molecule has 0 aliphatic carbocycles. The second-order valence-electron chi connectivity index (χ2n) is 8.55. The van der Waals surface area contributed by atoms with E-state index in [-0.39, 0.29) is 11.3 Å². The molecule has 3 aromatic rings. The minimum absolute atomic E-state index is 0.0212. The number of hydrogen-bond donors (Lipinski definition) is 1. The van der Waals surface area contributed by atoms with Crippen molar-refractivity contribution in [2.75, 3.05) is 39.4 Å². The highest BCUT2D eigenvalue weighted by Gasteiger charge is 2.46. The highest BCUT2D eigenvalue weighted by Crippen LogP contribution is 2.40. The number of nitrogens with zero attached hydrogens (tertiary/aromatic N) is 2. The van der Waals surface area contributed by atoms with E-state index in [0.29, 0.717) is 43.4 Å². The van der Waals surface area contributed by atoms with Crippen LogP contribution in [0.3, 0.4) is 0 Å². The van der Waals surface area contributed by atoms with Crippen LogP contribution in [0.5, 0.6) is 0 Å². The molecule has 8 nitrogen and oxygen atoms in total. The Kier molecular flexibility index (Phi) is 5.55. The second kappa shape index (κ2) is 8.53. The van der Waals surface area contributed by atoms with E-state index in [1.54, 1.807) is 31.2 Å². The highest BCUT2D eigenvalue weighted by molar-refractivity contribution is 6.15. The molecule has 1 aromatic carbocycles.